The fraction of sp³-hybridized carbons (Fsp3) is 0.294. The van der Waals surface area contributed by atoms with E-state index in [4.69, 9.17) is 0 Å². The fourth-order valence-corrected chi connectivity index (χ4v) is 2.79. The van der Waals surface area contributed by atoms with Crippen LogP contribution in [0.2, 0.25) is 0 Å². The first kappa shape index (κ1) is 16.3. The lowest BCUT2D eigenvalue weighted by atomic mass is 10.0. The standard InChI is InChI=1S/C17H15F3N2O2/c1-10-15(24-17(19)20)8-12(9-21-10)22-6-5-13-11(7-16(22)23)3-2-4-14(13)18/h2-4,8-9,17H,5-7H2,1H3. The molecule has 2 heterocycles. The molecular formula is C17H15F3N2O2. The third-order valence-electron chi connectivity index (χ3n) is 4.00. The Morgan fingerprint density at radius 1 is 1.33 bits per heavy atom. The van der Waals surface area contributed by atoms with Gasteiger partial charge in [0.25, 0.3) is 0 Å². The quantitative estimate of drug-likeness (QED) is 0.864. The van der Waals surface area contributed by atoms with Crippen LogP contribution in [0.5, 0.6) is 5.75 Å². The number of carbonyl (C=O) groups excluding carboxylic acids is 1. The van der Waals surface area contributed by atoms with Crippen molar-refractivity contribution in [1.82, 2.24) is 4.98 Å². The highest BCUT2D eigenvalue weighted by Crippen LogP contribution is 2.28. The largest absolute Gasteiger partial charge is 0.433 e. The first-order valence-electron chi connectivity index (χ1n) is 7.44. The van der Waals surface area contributed by atoms with Gasteiger partial charge in [0.05, 0.1) is 24.0 Å². The van der Waals surface area contributed by atoms with Crippen LogP contribution in [0.4, 0.5) is 18.9 Å². The molecule has 1 aliphatic heterocycles. The SMILES string of the molecule is Cc1ncc(N2CCc3c(F)cccc3CC2=O)cc1OC(F)F. The van der Waals surface area contributed by atoms with Gasteiger partial charge in [-0.3, -0.25) is 9.78 Å². The third kappa shape index (κ3) is 3.20. The Kier molecular flexibility index (Phi) is 4.42. The molecule has 7 heteroatoms. The molecule has 0 saturated heterocycles. The molecule has 0 spiro atoms. The van der Waals surface area contributed by atoms with E-state index in [1.54, 1.807) is 12.1 Å². The lowest BCUT2D eigenvalue weighted by molar-refractivity contribution is -0.117. The zero-order valence-corrected chi connectivity index (χ0v) is 12.9. The van der Waals surface area contributed by atoms with E-state index in [0.29, 0.717) is 28.9 Å². The number of anilines is 1. The molecule has 1 aliphatic rings. The molecule has 0 unspecified atom stereocenters. The van der Waals surface area contributed by atoms with Crippen molar-refractivity contribution in [2.75, 3.05) is 11.4 Å². The predicted octanol–water partition coefficient (Wildman–Crippen LogP) is 3.26. The second-order valence-electron chi connectivity index (χ2n) is 5.51. The molecule has 0 N–H and O–H groups in total. The number of hydrogen-bond donors (Lipinski definition) is 0. The maximum absolute atomic E-state index is 13.9. The number of aryl methyl sites for hydroxylation is 1. The number of pyridine rings is 1. The molecular weight excluding hydrogens is 321 g/mol. The number of hydrogen-bond acceptors (Lipinski definition) is 3. The summed E-state index contributed by atoms with van der Waals surface area (Å²) in [4.78, 5) is 17.9. The minimum Gasteiger partial charge on any atom is -0.433 e. The van der Waals surface area contributed by atoms with E-state index < -0.39 is 6.61 Å². The molecule has 1 amide bonds. The van der Waals surface area contributed by atoms with Crippen molar-refractivity contribution in [2.24, 2.45) is 0 Å². The van der Waals surface area contributed by atoms with E-state index in [1.165, 1.54) is 30.2 Å². The Hall–Kier alpha value is -2.57. The molecule has 0 aliphatic carbocycles. The maximum Gasteiger partial charge on any atom is 0.387 e. The van der Waals surface area contributed by atoms with Crippen molar-refractivity contribution in [3.8, 4) is 5.75 Å². The van der Waals surface area contributed by atoms with Crippen molar-refractivity contribution >= 4 is 11.6 Å². The molecule has 0 atom stereocenters. The minimum absolute atomic E-state index is 0.0476. The summed E-state index contributed by atoms with van der Waals surface area (Å²) in [6, 6.07) is 6.01. The van der Waals surface area contributed by atoms with Crippen LogP contribution >= 0.6 is 0 Å². The summed E-state index contributed by atoms with van der Waals surface area (Å²) in [6.45, 7) is -1.19. The number of ether oxygens (including phenoxy) is 1. The number of alkyl halides is 2. The summed E-state index contributed by atoms with van der Waals surface area (Å²) in [5, 5.41) is 0. The van der Waals surface area contributed by atoms with Crippen molar-refractivity contribution in [2.45, 2.75) is 26.4 Å². The maximum atomic E-state index is 13.9. The Labute approximate surface area is 136 Å². The van der Waals surface area contributed by atoms with Crippen LogP contribution in [0.3, 0.4) is 0 Å². The van der Waals surface area contributed by atoms with Crippen molar-refractivity contribution in [1.29, 1.82) is 0 Å². The number of carbonyl (C=O) groups is 1. The number of nitrogens with zero attached hydrogens (tertiary/aromatic N) is 2. The summed E-state index contributed by atoms with van der Waals surface area (Å²) in [5.74, 6) is -0.665. The number of amides is 1. The zero-order valence-electron chi connectivity index (χ0n) is 12.9. The zero-order chi connectivity index (χ0) is 17.3. The fourth-order valence-electron chi connectivity index (χ4n) is 2.79. The van der Waals surface area contributed by atoms with Gasteiger partial charge in [-0.2, -0.15) is 8.78 Å². The van der Waals surface area contributed by atoms with E-state index in [9.17, 15) is 18.0 Å². The van der Waals surface area contributed by atoms with E-state index in [2.05, 4.69) is 9.72 Å². The number of aromatic nitrogens is 1. The average molecular weight is 336 g/mol. The first-order chi connectivity index (χ1) is 11.5. The molecule has 1 aromatic carbocycles. The van der Waals surface area contributed by atoms with Gasteiger partial charge in [-0.1, -0.05) is 12.1 Å². The van der Waals surface area contributed by atoms with Crippen LogP contribution in [0.25, 0.3) is 0 Å². The first-order valence-corrected chi connectivity index (χ1v) is 7.44. The molecule has 1 aromatic heterocycles. The second kappa shape index (κ2) is 6.51. The van der Waals surface area contributed by atoms with Crippen molar-refractivity contribution < 1.29 is 22.7 Å². The van der Waals surface area contributed by atoms with Gasteiger partial charge in [-0.15, -0.1) is 0 Å². The summed E-state index contributed by atoms with van der Waals surface area (Å²) >= 11 is 0. The Balaban J connectivity index is 1.91. The normalized spacial score (nSPS) is 14.5. The molecule has 0 radical (unpaired) electrons. The number of fused-ring (bicyclic) bond motifs is 1. The molecule has 0 saturated carbocycles. The van der Waals surface area contributed by atoms with E-state index in [1.807, 2.05) is 0 Å². The number of halogens is 3. The topological polar surface area (TPSA) is 42.4 Å². The Bertz CT molecular complexity index is 780. The Morgan fingerprint density at radius 3 is 2.88 bits per heavy atom. The molecule has 0 fully saturated rings. The van der Waals surface area contributed by atoms with Gasteiger partial charge in [0.1, 0.15) is 11.6 Å². The summed E-state index contributed by atoms with van der Waals surface area (Å²) in [6.07, 6.45) is 1.82. The van der Waals surface area contributed by atoms with Gasteiger partial charge < -0.3 is 9.64 Å². The predicted molar refractivity (Wildman–Crippen MR) is 81.8 cm³/mol. The van der Waals surface area contributed by atoms with Crippen LogP contribution in [0, 0.1) is 12.7 Å². The summed E-state index contributed by atoms with van der Waals surface area (Å²) < 4.78 is 43.3. The van der Waals surface area contributed by atoms with Crippen LogP contribution in [0.15, 0.2) is 30.5 Å². The smallest absolute Gasteiger partial charge is 0.387 e. The summed E-state index contributed by atoms with van der Waals surface area (Å²) in [5.41, 5.74) is 1.81. The molecule has 2 aromatic rings. The lowest BCUT2D eigenvalue weighted by Crippen LogP contribution is -2.32. The highest BCUT2D eigenvalue weighted by Gasteiger charge is 2.24. The van der Waals surface area contributed by atoms with Crippen LogP contribution in [-0.2, 0) is 17.6 Å². The van der Waals surface area contributed by atoms with Gasteiger partial charge in [-0.25, -0.2) is 4.39 Å². The molecule has 24 heavy (non-hydrogen) atoms. The molecule has 126 valence electrons. The van der Waals surface area contributed by atoms with Crippen LogP contribution < -0.4 is 9.64 Å². The van der Waals surface area contributed by atoms with Crippen LogP contribution in [-0.4, -0.2) is 24.0 Å². The number of benzene rings is 1. The van der Waals surface area contributed by atoms with E-state index >= 15 is 0 Å². The molecule has 0 bridgehead atoms. The van der Waals surface area contributed by atoms with Gasteiger partial charge in [-0.05, 0) is 30.5 Å². The third-order valence-corrected chi connectivity index (χ3v) is 4.00. The highest BCUT2D eigenvalue weighted by molar-refractivity contribution is 5.95. The highest BCUT2D eigenvalue weighted by atomic mass is 19.3. The van der Waals surface area contributed by atoms with Crippen molar-refractivity contribution in [3.05, 3.63) is 53.1 Å². The molecule has 4 nitrogen and oxygen atoms in total. The monoisotopic (exact) mass is 336 g/mol. The average Bonchev–Trinajstić information content (AvgIpc) is 2.68. The van der Waals surface area contributed by atoms with Crippen molar-refractivity contribution in [3.63, 3.8) is 0 Å². The lowest BCUT2D eigenvalue weighted by Gasteiger charge is -2.21. The van der Waals surface area contributed by atoms with Crippen LogP contribution in [0.1, 0.15) is 16.8 Å². The number of rotatable bonds is 3. The summed E-state index contributed by atoms with van der Waals surface area (Å²) in [7, 11) is 0. The van der Waals surface area contributed by atoms with Gasteiger partial charge >= 0.3 is 6.61 Å². The van der Waals surface area contributed by atoms with E-state index in [0.717, 1.165) is 0 Å². The Morgan fingerprint density at radius 2 is 2.12 bits per heavy atom. The van der Waals surface area contributed by atoms with Gasteiger partial charge in [0, 0.05) is 12.6 Å². The van der Waals surface area contributed by atoms with E-state index in [-0.39, 0.29) is 30.4 Å². The van der Waals surface area contributed by atoms with Gasteiger partial charge in [0.2, 0.25) is 5.91 Å². The second-order valence-corrected chi connectivity index (χ2v) is 5.51. The minimum atomic E-state index is -2.97. The van der Waals surface area contributed by atoms with Gasteiger partial charge in [0.15, 0.2) is 0 Å². The molecule has 3 rings (SSSR count).